The third-order valence-corrected chi connectivity index (χ3v) is 4.24. The van der Waals surface area contributed by atoms with Gasteiger partial charge in [0.25, 0.3) is 0 Å². The molecule has 1 heterocycles. The van der Waals surface area contributed by atoms with Gasteiger partial charge in [0, 0.05) is 5.56 Å². The lowest BCUT2D eigenvalue weighted by Gasteiger charge is -2.39. The summed E-state index contributed by atoms with van der Waals surface area (Å²) in [6.07, 6.45) is 0. The molecule has 2 unspecified atom stereocenters. The summed E-state index contributed by atoms with van der Waals surface area (Å²) in [6.45, 7) is 13.7. The molecule has 0 spiro atoms. The Morgan fingerprint density at radius 1 is 1.25 bits per heavy atom. The van der Waals surface area contributed by atoms with E-state index in [2.05, 4.69) is 57.7 Å². The molecule has 0 fully saturated rings. The van der Waals surface area contributed by atoms with Crippen LogP contribution in [0, 0.1) is 0 Å². The van der Waals surface area contributed by atoms with Gasteiger partial charge >= 0.3 is 0 Å². The minimum absolute atomic E-state index is 0.0395. The van der Waals surface area contributed by atoms with Crippen molar-refractivity contribution >= 4 is 0 Å². The molecule has 20 heavy (non-hydrogen) atoms. The highest BCUT2D eigenvalue weighted by atomic mass is 16.5. The minimum Gasteiger partial charge on any atom is -0.492 e. The van der Waals surface area contributed by atoms with Gasteiger partial charge in [0.05, 0.1) is 12.1 Å². The van der Waals surface area contributed by atoms with Crippen LogP contribution in [-0.4, -0.2) is 30.6 Å². The van der Waals surface area contributed by atoms with Crippen molar-refractivity contribution in [2.24, 2.45) is 5.73 Å². The van der Waals surface area contributed by atoms with Crippen LogP contribution >= 0.6 is 0 Å². The van der Waals surface area contributed by atoms with E-state index >= 15 is 0 Å². The average Bonchev–Trinajstić information content (AvgIpc) is 2.40. The lowest BCUT2D eigenvalue weighted by atomic mass is 9.83. The Morgan fingerprint density at radius 2 is 1.90 bits per heavy atom. The molecule has 1 aromatic carbocycles. The van der Waals surface area contributed by atoms with Crippen molar-refractivity contribution in [2.45, 2.75) is 52.1 Å². The molecule has 2 atom stereocenters. The summed E-state index contributed by atoms with van der Waals surface area (Å²) in [4.78, 5) is 2.43. The summed E-state index contributed by atoms with van der Waals surface area (Å²) in [5.74, 6) is 0.997. The zero-order valence-corrected chi connectivity index (χ0v) is 13.4. The summed E-state index contributed by atoms with van der Waals surface area (Å²) < 4.78 is 5.82. The number of likely N-dealkylation sites (N-methyl/N-ethyl adjacent to an activating group) is 1. The van der Waals surface area contributed by atoms with Crippen LogP contribution < -0.4 is 10.5 Å². The standard InChI is InChI=1S/C17H28N2O/c1-6-19(7-2)16-13-10-12(17(3,4)5)8-9-15(13)20-11-14(16)18/h8-10,14,16H,6-7,11,18H2,1-5H3. The molecule has 1 aliphatic rings. The summed E-state index contributed by atoms with van der Waals surface area (Å²) in [5, 5.41) is 0. The second-order valence-corrected chi connectivity index (χ2v) is 6.64. The summed E-state index contributed by atoms with van der Waals surface area (Å²) in [6, 6.07) is 6.87. The monoisotopic (exact) mass is 276 g/mol. The van der Waals surface area contributed by atoms with Crippen LogP contribution in [0.2, 0.25) is 0 Å². The van der Waals surface area contributed by atoms with Crippen molar-refractivity contribution in [1.29, 1.82) is 0 Å². The van der Waals surface area contributed by atoms with E-state index in [0.717, 1.165) is 18.8 Å². The van der Waals surface area contributed by atoms with E-state index < -0.39 is 0 Å². The Morgan fingerprint density at radius 3 is 2.45 bits per heavy atom. The van der Waals surface area contributed by atoms with Gasteiger partial charge in [-0.25, -0.2) is 0 Å². The van der Waals surface area contributed by atoms with Crippen molar-refractivity contribution < 1.29 is 4.74 Å². The third kappa shape index (κ3) is 2.84. The van der Waals surface area contributed by atoms with E-state index in [1.54, 1.807) is 0 Å². The molecular weight excluding hydrogens is 248 g/mol. The Labute approximate surface area is 123 Å². The molecule has 0 radical (unpaired) electrons. The first-order valence-electron chi connectivity index (χ1n) is 7.65. The van der Waals surface area contributed by atoms with Gasteiger partial charge in [-0.3, -0.25) is 4.90 Å². The maximum Gasteiger partial charge on any atom is 0.124 e. The zero-order valence-electron chi connectivity index (χ0n) is 13.4. The predicted molar refractivity (Wildman–Crippen MR) is 84.3 cm³/mol. The topological polar surface area (TPSA) is 38.5 Å². The van der Waals surface area contributed by atoms with Gasteiger partial charge in [-0.15, -0.1) is 0 Å². The number of ether oxygens (including phenoxy) is 1. The largest absolute Gasteiger partial charge is 0.492 e. The normalized spacial score (nSPS) is 22.6. The smallest absolute Gasteiger partial charge is 0.124 e. The number of nitrogens with two attached hydrogens (primary N) is 1. The molecule has 0 saturated carbocycles. The van der Waals surface area contributed by atoms with Crippen LogP contribution in [0.15, 0.2) is 18.2 Å². The van der Waals surface area contributed by atoms with Crippen LogP contribution in [0.4, 0.5) is 0 Å². The third-order valence-electron chi connectivity index (χ3n) is 4.24. The van der Waals surface area contributed by atoms with Crippen molar-refractivity contribution in [3.05, 3.63) is 29.3 Å². The van der Waals surface area contributed by atoms with Crippen molar-refractivity contribution in [2.75, 3.05) is 19.7 Å². The summed E-state index contributed by atoms with van der Waals surface area (Å²) in [7, 11) is 0. The van der Waals surface area contributed by atoms with Crippen molar-refractivity contribution in [3.8, 4) is 5.75 Å². The second-order valence-electron chi connectivity index (χ2n) is 6.64. The number of hydrogen-bond donors (Lipinski definition) is 1. The molecule has 0 saturated heterocycles. The number of hydrogen-bond acceptors (Lipinski definition) is 3. The maximum atomic E-state index is 6.34. The molecule has 0 bridgehead atoms. The second kappa shape index (κ2) is 5.74. The van der Waals surface area contributed by atoms with Gasteiger partial charge in [0.1, 0.15) is 12.4 Å². The molecule has 2 rings (SSSR count). The number of rotatable bonds is 3. The van der Waals surface area contributed by atoms with Gasteiger partial charge in [-0.05, 0) is 36.2 Å². The maximum absolute atomic E-state index is 6.34. The highest BCUT2D eigenvalue weighted by molar-refractivity contribution is 5.43. The quantitative estimate of drug-likeness (QED) is 0.922. The van der Waals surface area contributed by atoms with Crippen LogP contribution in [0.3, 0.4) is 0 Å². The van der Waals surface area contributed by atoms with Crippen LogP contribution in [0.25, 0.3) is 0 Å². The van der Waals surface area contributed by atoms with Gasteiger partial charge < -0.3 is 10.5 Å². The molecule has 1 aromatic rings. The number of fused-ring (bicyclic) bond motifs is 1. The first-order chi connectivity index (χ1) is 9.38. The molecule has 0 aromatic heterocycles. The van der Waals surface area contributed by atoms with E-state index in [1.165, 1.54) is 11.1 Å². The highest BCUT2D eigenvalue weighted by Gasteiger charge is 2.32. The van der Waals surface area contributed by atoms with Crippen molar-refractivity contribution in [3.63, 3.8) is 0 Å². The first-order valence-corrected chi connectivity index (χ1v) is 7.65. The van der Waals surface area contributed by atoms with Crippen molar-refractivity contribution in [1.82, 2.24) is 4.90 Å². The van der Waals surface area contributed by atoms with Crippen LogP contribution in [-0.2, 0) is 5.41 Å². The summed E-state index contributed by atoms with van der Waals surface area (Å²) >= 11 is 0. The van der Waals surface area contributed by atoms with Gasteiger partial charge in [0.15, 0.2) is 0 Å². The molecular formula is C17H28N2O. The molecule has 0 aliphatic carbocycles. The molecule has 0 amide bonds. The number of nitrogens with zero attached hydrogens (tertiary/aromatic N) is 1. The van der Waals surface area contributed by atoms with Gasteiger partial charge in [0.2, 0.25) is 0 Å². The molecule has 3 nitrogen and oxygen atoms in total. The van der Waals surface area contributed by atoms with Crippen LogP contribution in [0.1, 0.15) is 51.8 Å². The predicted octanol–water partition coefficient (Wildman–Crippen LogP) is 3.09. The van der Waals surface area contributed by atoms with Gasteiger partial charge in [-0.2, -0.15) is 0 Å². The van der Waals surface area contributed by atoms with Gasteiger partial charge in [-0.1, -0.05) is 40.7 Å². The van der Waals surface area contributed by atoms with E-state index in [-0.39, 0.29) is 17.5 Å². The fourth-order valence-electron chi connectivity index (χ4n) is 2.97. The van der Waals surface area contributed by atoms with E-state index in [4.69, 9.17) is 10.5 Å². The van der Waals surface area contributed by atoms with E-state index in [9.17, 15) is 0 Å². The van der Waals surface area contributed by atoms with E-state index in [1.807, 2.05) is 0 Å². The lowest BCUT2D eigenvalue weighted by Crippen LogP contribution is -2.47. The molecule has 112 valence electrons. The highest BCUT2D eigenvalue weighted by Crippen LogP contribution is 2.38. The fourth-order valence-corrected chi connectivity index (χ4v) is 2.97. The lowest BCUT2D eigenvalue weighted by molar-refractivity contribution is 0.128. The first kappa shape index (κ1) is 15.3. The Kier molecular flexibility index (Phi) is 4.40. The number of benzene rings is 1. The fraction of sp³-hybridized carbons (Fsp3) is 0.647. The minimum atomic E-state index is 0.0395. The SMILES string of the molecule is CCN(CC)C1c2cc(C(C)(C)C)ccc2OCC1N. The molecule has 1 aliphatic heterocycles. The summed E-state index contributed by atoms with van der Waals surface area (Å²) in [5.41, 5.74) is 9.07. The Bertz CT molecular complexity index is 461. The average molecular weight is 276 g/mol. The van der Waals surface area contributed by atoms with Crippen LogP contribution in [0.5, 0.6) is 5.75 Å². The zero-order chi connectivity index (χ0) is 14.9. The molecule has 3 heteroatoms. The Hall–Kier alpha value is -1.06. The van der Waals surface area contributed by atoms with E-state index in [0.29, 0.717) is 6.61 Å². The molecule has 2 N–H and O–H groups in total. The Balaban J connectivity index is 2.47.